The Morgan fingerprint density at radius 2 is 1.93 bits per heavy atom. The second-order valence-electron chi connectivity index (χ2n) is 2.77. The number of carbonyl (C=O) groups excluding carboxylic acids is 1. The Balaban J connectivity index is 2.69. The maximum absolute atomic E-state index is 10.9. The highest BCUT2D eigenvalue weighted by molar-refractivity contribution is 6.58. The van der Waals surface area contributed by atoms with Crippen molar-refractivity contribution in [2.24, 2.45) is 0 Å². The minimum Gasteiger partial charge on any atom is -0.427 e. The van der Waals surface area contributed by atoms with E-state index in [1.165, 1.54) is 24.3 Å². The van der Waals surface area contributed by atoms with Crippen LogP contribution in [0.3, 0.4) is 0 Å². The topological polar surface area (TPSA) is 66.8 Å². The fourth-order valence-electron chi connectivity index (χ4n) is 0.912. The first-order chi connectivity index (χ1) is 6.63. The molecule has 5 heteroatoms. The van der Waals surface area contributed by atoms with E-state index >= 15 is 0 Å². The van der Waals surface area contributed by atoms with E-state index in [9.17, 15) is 4.79 Å². The van der Waals surface area contributed by atoms with Crippen molar-refractivity contribution in [3.63, 3.8) is 0 Å². The van der Waals surface area contributed by atoms with E-state index < -0.39 is 7.12 Å². The second kappa shape index (κ2) is 4.78. The fourth-order valence-corrected chi connectivity index (χ4v) is 0.912. The summed E-state index contributed by atoms with van der Waals surface area (Å²) in [5, 5.41) is 17.6. The van der Waals surface area contributed by atoms with Gasteiger partial charge in [-0.1, -0.05) is 19.1 Å². The third-order valence-corrected chi connectivity index (χ3v) is 1.70. The molecule has 1 aromatic rings. The Hall–Kier alpha value is -1.33. The van der Waals surface area contributed by atoms with Crippen LogP contribution in [0.4, 0.5) is 0 Å². The van der Waals surface area contributed by atoms with Gasteiger partial charge in [-0.15, -0.1) is 0 Å². The standard InChI is InChI=1S/C9H11BO4/c1-2-9(11)14-8-5-3-7(4-6-8)10(12)13/h3-6,12-13H,2H2,1H3. The fraction of sp³-hybridized carbons (Fsp3) is 0.222. The van der Waals surface area contributed by atoms with Crippen LogP contribution in [0.1, 0.15) is 13.3 Å². The molecule has 0 atom stereocenters. The van der Waals surface area contributed by atoms with E-state index in [-0.39, 0.29) is 5.97 Å². The predicted octanol–water partition coefficient (Wildman–Crippen LogP) is -0.318. The van der Waals surface area contributed by atoms with Gasteiger partial charge < -0.3 is 14.8 Å². The molecule has 0 aromatic heterocycles. The molecule has 14 heavy (non-hydrogen) atoms. The van der Waals surface area contributed by atoms with Crippen LogP contribution in [0.15, 0.2) is 24.3 Å². The summed E-state index contributed by atoms with van der Waals surface area (Å²) in [5.41, 5.74) is 0.362. The molecule has 0 amide bonds. The second-order valence-corrected chi connectivity index (χ2v) is 2.77. The molecule has 0 saturated heterocycles. The van der Waals surface area contributed by atoms with Crippen LogP contribution in [0.5, 0.6) is 5.75 Å². The zero-order valence-electron chi connectivity index (χ0n) is 7.80. The summed E-state index contributed by atoms with van der Waals surface area (Å²) in [7, 11) is -1.49. The summed E-state index contributed by atoms with van der Waals surface area (Å²) in [6.45, 7) is 1.70. The molecular formula is C9H11BO4. The number of ether oxygens (including phenoxy) is 1. The SMILES string of the molecule is CCC(=O)Oc1ccc(B(O)O)cc1. The summed E-state index contributed by atoms with van der Waals surface area (Å²) >= 11 is 0. The molecule has 0 bridgehead atoms. The molecule has 0 aliphatic carbocycles. The molecule has 0 unspecified atom stereocenters. The molecule has 1 aromatic carbocycles. The molecule has 0 aliphatic rings. The van der Waals surface area contributed by atoms with Crippen molar-refractivity contribution < 1.29 is 19.6 Å². The molecule has 0 saturated carbocycles. The maximum Gasteiger partial charge on any atom is 0.488 e. The predicted molar refractivity (Wildman–Crippen MR) is 52.2 cm³/mol. The Kier molecular flexibility index (Phi) is 3.68. The third-order valence-electron chi connectivity index (χ3n) is 1.70. The lowest BCUT2D eigenvalue weighted by Crippen LogP contribution is -2.29. The number of benzene rings is 1. The van der Waals surface area contributed by atoms with Crippen molar-refractivity contribution in [2.45, 2.75) is 13.3 Å². The van der Waals surface area contributed by atoms with E-state index in [1.54, 1.807) is 6.92 Å². The van der Waals surface area contributed by atoms with Gasteiger partial charge >= 0.3 is 13.1 Å². The molecule has 74 valence electrons. The minimum atomic E-state index is -1.49. The number of hydrogen-bond donors (Lipinski definition) is 2. The average Bonchev–Trinajstić information content (AvgIpc) is 2.18. The first-order valence-corrected chi connectivity index (χ1v) is 4.30. The lowest BCUT2D eigenvalue weighted by molar-refractivity contribution is -0.134. The lowest BCUT2D eigenvalue weighted by Gasteiger charge is -2.03. The molecule has 0 heterocycles. The first kappa shape index (κ1) is 10.8. The van der Waals surface area contributed by atoms with Crippen molar-refractivity contribution in [3.8, 4) is 5.75 Å². The van der Waals surface area contributed by atoms with Crippen molar-refractivity contribution in [1.29, 1.82) is 0 Å². The molecule has 4 nitrogen and oxygen atoms in total. The van der Waals surface area contributed by atoms with Gasteiger partial charge in [-0.2, -0.15) is 0 Å². The third kappa shape index (κ3) is 2.87. The number of hydrogen-bond acceptors (Lipinski definition) is 4. The van der Waals surface area contributed by atoms with E-state index in [0.717, 1.165) is 0 Å². The van der Waals surface area contributed by atoms with Crippen LogP contribution in [-0.2, 0) is 4.79 Å². The monoisotopic (exact) mass is 194 g/mol. The lowest BCUT2D eigenvalue weighted by atomic mass is 9.80. The first-order valence-electron chi connectivity index (χ1n) is 4.30. The summed E-state index contributed by atoms with van der Waals surface area (Å²) in [6, 6.07) is 6.01. The summed E-state index contributed by atoms with van der Waals surface area (Å²) in [4.78, 5) is 10.9. The van der Waals surface area contributed by atoms with Crippen LogP contribution in [-0.4, -0.2) is 23.1 Å². The van der Waals surface area contributed by atoms with Gasteiger partial charge in [-0.3, -0.25) is 4.79 Å². The van der Waals surface area contributed by atoms with E-state index in [4.69, 9.17) is 14.8 Å². The zero-order chi connectivity index (χ0) is 10.6. The van der Waals surface area contributed by atoms with Crippen molar-refractivity contribution >= 4 is 18.6 Å². The van der Waals surface area contributed by atoms with Crippen molar-refractivity contribution in [1.82, 2.24) is 0 Å². The van der Waals surface area contributed by atoms with Gasteiger partial charge in [0.25, 0.3) is 0 Å². The molecule has 0 radical (unpaired) electrons. The van der Waals surface area contributed by atoms with Gasteiger partial charge in [0.15, 0.2) is 0 Å². The van der Waals surface area contributed by atoms with Crippen molar-refractivity contribution in [3.05, 3.63) is 24.3 Å². The summed E-state index contributed by atoms with van der Waals surface area (Å²) < 4.78 is 4.90. The Morgan fingerprint density at radius 1 is 1.36 bits per heavy atom. The summed E-state index contributed by atoms with van der Waals surface area (Å²) in [6.07, 6.45) is 0.310. The summed E-state index contributed by atoms with van der Waals surface area (Å²) in [5.74, 6) is 0.0866. The number of carbonyl (C=O) groups is 1. The van der Waals surface area contributed by atoms with Crippen LogP contribution in [0.25, 0.3) is 0 Å². The zero-order valence-corrected chi connectivity index (χ0v) is 7.80. The quantitative estimate of drug-likeness (QED) is 0.393. The normalized spacial score (nSPS) is 9.64. The van der Waals surface area contributed by atoms with Gasteiger partial charge in [0.05, 0.1) is 0 Å². The van der Waals surface area contributed by atoms with Crippen molar-refractivity contribution in [2.75, 3.05) is 0 Å². The van der Waals surface area contributed by atoms with Gasteiger partial charge in [0, 0.05) is 6.42 Å². The van der Waals surface area contributed by atoms with Gasteiger partial charge in [0.1, 0.15) is 5.75 Å². The smallest absolute Gasteiger partial charge is 0.427 e. The van der Waals surface area contributed by atoms with E-state index in [1.807, 2.05) is 0 Å². The Bertz CT molecular complexity index is 307. The van der Waals surface area contributed by atoms with Crippen LogP contribution >= 0.6 is 0 Å². The molecule has 0 spiro atoms. The highest BCUT2D eigenvalue weighted by atomic mass is 16.5. The molecule has 0 fully saturated rings. The molecular weight excluding hydrogens is 183 g/mol. The molecule has 0 aliphatic heterocycles. The van der Waals surface area contributed by atoms with Gasteiger partial charge in [-0.05, 0) is 17.6 Å². The highest BCUT2D eigenvalue weighted by Gasteiger charge is 2.10. The van der Waals surface area contributed by atoms with Crippen LogP contribution in [0, 0.1) is 0 Å². The largest absolute Gasteiger partial charge is 0.488 e. The Labute approximate surface area is 82.3 Å². The Morgan fingerprint density at radius 3 is 2.36 bits per heavy atom. The number of rotatable bonds is 3. The highest BCUT2D eigenvalue weighted by Crippen LogP contribution is 2.08. The van der Waals surface area contributed by atoms with Crippen LogP contribution < -0.4 is 10.2 Å². The van der Waals surface area contributed by atoms with E-state index in [0.29, 0.717) is 17.6 Å². The number of esters is 1. The molecule has 2 N–H and O–H groups in total. The maximum atomic E-state index is 10.9. The van der Waals surface area contributed by atoms with Gasteiger partial charge in [-0.25, -0.2) is 0 Å². The van der Waals surface area contributed by atoms with E-state index in [2.05, 4.69) is 0 Å². The minimum absolute atomic E-state index is 0.310. The average molecular weight is 194 g/mol. The molecule has 1 rings (SSSR count). The van der Waals surface area contributed by atoms with Crippen LogP contribution in [0.2, 0.25) is 0 Å². The van der Waals surface area contributed by atoms with Gasteiger partial charge in [0.2, 0.25) is 0 Å².